The van der Waals surface area contributed by atoms with E-state index in [1.165, 1.54) is 17.2 Å². The molecule has 104 valence electrons. The Balaban J connectivity index is 2.17. The van der Waals surface area contributed by atoms with E-state index in [9.17, 15) is 10.1 Å². The Hall–Kier alpha value is -2.36. The van der Waals surface area contributed by atoms with Crippen LogP contribution < -0.4 is 5.32 Å². The van der Waals surface area contributed by atoms with Crippen LogP contribution in [0.5, 0.6) is 0 Å². The summed E-state index contributed by atoms with van der Waals surface area (Å²) in [5.41, 5.74) is 5.34. The van der Waals surface area contributed by atoms with E-state index in [0.717, 1.165) is 11.3 Å². The molecule has 0 unspecified atom stereocenters. The quantitative estimate of drug-likeness (QED) is 0.671. The molecule has 4 heteroatoms. The molecular weight excluding hydrogens is 252 g/mol. The minimum Gasteiger partial charge on any atom is -0.381 e. The third kappa shape index (κ3) is 2.96. The normalized spacial score (nSPS) is 10.3. The summed E-state index contributed by atoms with van der Waals surface area (Å²) in [6.45, 7) is 6.51. The molecule has 0 saturated heterocycles. The summed E-state index contributed by atoms with van der Waals surface area (Å²) < 4.78 is 0. The Bertz CT molecular complexity index is 651. The maximum atomic E-state index is 10.9. The van der Waals surface area contributed by atoms with E-state index in [2.05, 4.69) is 31.3 Å². The zero-order valence-corrected chi connectivity index (χ0v) is 11.9. The van der Waals surface area contributed by atoms with Crippen LogP contribution in [0.3, 0.4) is 0 Å². The zero-order valence-electron chi connectivity index (χ0n) is 11.9. The topological polar surface area (TPSA) is 55.2 Å². The smallest absolute Gasteiger partial charge is 0.272 e. The molecule has 0 aliphatic rings. The lowest BCUT2D eigenvalue weighted by Gasteiger charge is -2.10. The first kappa shape index (κ1) is 14.1. The van der Waals surface area contributed by atoms with Gasteiger partial charge in [0.2, 0.25) is 0 Å². The Labute approximate surface area is 118 Å². The number of nitrogens with one attached hydrogen (secondary N) is 1. The molecule has 4 nitrogen and oxygen atoms in total. The van der Waals surface area contributed by atoms with Gasteiger partial charge in [-0.2, -0.15) is 0 Å². The molecule has 0 aliphatic heterocycles. The van der Waals surface area contributed by atoms with Gasteiger partial charge in [-0.3, -0.25) is 10.1 Å². The van der Waals surface area contributed by atoms with Crippen molar-refractivity contribution < 1.29 is 4.92 Å². The maximum absolute atomic E-state index is 10.9. The van der Waals surface area contributed by atoms with E-state index < -0.39 is 0 Å². The van der Waals surface area contributed by atoms with Crippen molar-refractivity contribution >= 4 is 11.4 Å². The van der Waals surface area contributed by atoms with Crippen LogP contribution >= 0.6 is 0 Å². The molecule has 0 spiro atoms. The molecule has 0 atom stereocenters. The van der Waals surface area contributed by atoms with Gasteiger partial charge in [-0.15, -0.1) is 0 Å². The second kappa shape index (κ2) is 5.74. The van der Waals surface area contributed by atoms with Crippen molar-refractivity contribution in [3.05, 3.63) is 68.8 Å². The number of hydrogen-bond donors (Lipinski definition) is 1. The average Bonchev–Trinajstić information content (AvgIpc) is 2.41. The third-order valence-corrected chi connectivity index (χ3v) is 3.60. The van der Waals surface area contributed by atoms with Crippen LogP contribution in [0.4, 0.5) is 11.4 Å². The summed E-state index contributed by atoms with van der Waals surface area (Å²) >= 11 is 0. The number of benzene rings is 2. The molecule has 0 aliphatic carbocycles. The van der Waals surface area contributed by atoms with Gasteiger partial charge in [-0.05, 0) is 49.6 Å². The van der Waals surface area contributed by atoms with Crippen LogP contribution in [0.1, 0.15) is 22.3 Å². The fourth-order valence-corrected chi connectivity index (χ4v) is 2.11. The predicted molar refractivity (Wildman–Crippen MR) is 81.1 cm³/mol. The van der Waals surface area contributed by atoms with Gasteiger partial charge in [0.15, 0.2) is 0 Å². The van der Waals surface area contributed by atoms with Crippen LogP contribution in [-0.4, -0.2) is 4.92 Å². The summed E-state index contributed by atoms with van der Waals surface area (Å²) in [6, 6.07) is 11.3. The molecule has 0 bridgehead atoms. The summed E-state index contributed by atoms with van der Waals surface area (Å²) in [5, 5.41) is 14.2. The molecule has 2 aromatic carbocycles. The number of nitro benzene ring substituents is 1. The highest BCUT2D eigenvalue weighted by Gasteiger charge is 2.12. The molecule has 0 saturated carbocycles. The highest BCUT2D eigenvalue weighted by atomic mass is 16.6. The van der Waals surface area contributed by atoms with Gasteiger partial charge in [-0.25, -0.2) is 0 Å². The van der Waals surface area contributed by atoms with E-state index in [-0.39, 0.29) is 10.6 Å². The van der Waals surface area contributed by atoms with Crippen molar-refractivity contribution in [2.24, 2.45) is 0 Å². The molecule has 1 N–H and O–H groups in total. The van der Waals surface area contributed by atoms with Gasteiger partial charge in [0, 0.05) is 23.9 Å². The summed E-state index contributed by atoms with van der Waals surface area (Å²) in [7, 11) is 0. The fraction of sp³-hybridized carbons (Fsp3) is 0.250. The van der Waals surface area contributed by atoms with E-state index in [0.29, 0.717) is 12.1 Å². The molecule has 0 fully saturated rings. The SMILES string of the molecule is Cc1ccc(NCc2cccc([N+](=O)[O-])c2C)cc1C. The monoisotopic (exact) mass is 270 g/mol. The molecule has 2 aromatic rings. The fourth-order valence-electron chi connectivity index (χ4n) is 2.11. The van der Waals surface area contributed by atoms with Crippen LogP contribution in [0.25, 0.3) is 0 Å². The van der Waals surface area contributed by atoms with Crippen molar-refractivity contribution in [3.8, 4) is 0 Å². The van der Waals surface area contributed by atoms with Gasteiger partial charge in [0.25, 0.3) is 5.69 Å². The van der Waals surface area contributed by atoms with Crippen LogP contribution in [0.2, 0.25) is 0 Å². The lowest BCUT2D eigenvalue weighted by atomic mass is 10.1. The highest BCUT2D eigenvalue weighted by Crippen LogP contribution is 2.22. The first-order valence-electron chi connectivity index (χ1n) is 6.53. The number of rotatable bonds is 4. The first-order chi connectivity index (χ1) is 9.49. The van der Waals surface area contributed by atoms with Gasteiger partial charge >= 0.3 is 0 Å². The standard InChI is InChI=1S/C16H18N2O2/c1-11-7-8-15(9-12(11)2)17-10-14-5-4-6-16(13(14)3)18(19)20/h4-9,17H,10H2,1-3H3. The molecule has 0 aromatic heterocycles. The minimum atomic E-state index is -0.338. The zero-order chi connectivity index (χ0) is 14.7. The van der Waals surface area contributed by atoms with Gasteiger partial charge in [0.05, 0.1) is 4.92 Å². The molecular formula is C16H18N2O2. The number of anilines is 1. The molecule has 0 radical (unpaired) electrons. The predicted octanol–water partition coefficient (Wildman–Crippen LogP) is 4.13. The van der Waals surface area contributed by atoms with E-state index >= 15 is 0 Å². The van der Waals surface area contributed by atoms with Crippen molar-refractivity contribution in [1.82, 2.24) is 0 Å². The Morgan fingerprint density at radius 2 is 1.85 bits per heavy atom. The summed E-state index contributed by atoms with van der Waals surface area (Å²) in [5.74, 6) is 0. The second-order valence-corrected chi connectivity index (χ2v) is 4.97. The van der Waals surface area contributed by atoms with Crippen molar-refractivity contribution in [2.45, 2.75) is 27.3 Å². The highest BCUT2D eigenvalue weighted by molar-refractivity contribution is 5.50. The van der Waals surface area contributed by atoms with Gasteiger partial charge < -0.3 is 5.32 Å². The lowest BCUT2D eigenvalue weighted by Crippen LogP contribution is -2.03. The largest absolute Gasteiger partial charge is 0.381 e. The lowest BCUT2D eigenvalue weighted by molar-refractivity contribution is -0.385. The summed E-state index contributed by atoms with van der Waals surface area (Å²) in [6.07, 6.45) is 0. The van der Waals surface area contributed by atoms with Gasteiger partial charge in [0.1, 0.15) is 0 Å². The van der Waals surface area contributed by atoms with Crippen molar-refractivity contribution in [1.29, 1.82) is 0 Å². The Kier molecular flexibility index (Phi) is 4.03. The van der Waals surface area contributed by atoms with Crippen LogP contribution in [0.15, 0.2) is 36.4 Å². The minimum absolute atomic E-state index is 0.171. The number of nitro groups is 1. The summed E-state index contributed by atoms with van der Waals surface area (Å²) in [4.78, 5) is 10.6. The molecule has 0 heterocycles. The Morgan fingerprint density at radius 1 is 1.10 bits per heavy atom. The average molecular weight is 270 g/mol. The van der Waals surface area contributed by atoms with Crippen molar-refractivity contribution in [2.75, 3.05) is 5.32 Å². The number of hydrogen-bond acceptors (Lipinski definition) is 3. The van der Waals surface area contributed by atoms with E-state index in [4.69, 9.17) is 0 Å². The third-order valence-electron chi connectivity index (χ3n) is 3.60. The number of nitrogens with zero attached hydrogens (tertiary/aromatic N) is 1. The van der Waals surface area contributed by atoms with Crippen LogP contribution in [-0.2, 0) is 6.54 Å². The van der Waals surface area contributed by atoms with Crippen LogP contribution in [0, 0.1) is 30.9 Å². The molecule has 0 amide bonds. The van der Waals surface area contributed by atoms with Gasteiger partial charge in [-0.1, -0.05) is 18.2 Å². The second-order valence-electron chi connectivity index (χ2n) is 4.97. The number of aryl methyl sites for hydroxylation is 2. The molecule has 2 rings (SSSR count). The first-order valence-corrected chi connectivity index (χ1v) is 6.53. The Morgan fingerprint density at radius 3 is 2.50 bits per heavy atom. The maximum Gasteiger partial charge on any atom is 0.272 e. The van der Waals surface area contributed by atoms with Crippen molar-refractivity contribution in [3.63, 3.8) is 0 Å². The molecule has 20 heavy (non-hydrogen) atoms. The van der Waals surface area contributed by atoms with E-state index in [1.807, 2.05) is 12.1 Å². The van der Waals surface area contributed by atoms with E-state index in [1.54, 1.807) is 13.0 Å².